The number of nitrogen functional groups attached to an aromatic ring is 1. The second kappa shape index (κ2) is 4.68. The molecule has 1 saturated carbocycles. The average Bonchev–Trinajstić information content (AvgIpc) is 2.27. The first kappa shape index (κ1) is 11.2. The van der Waals surface area contributed by atoms with Crippen molar-refractivity contribution in [2.24, 2.45) is 0 Å². The van der Waals surface area contributed by atoms with E-state index in [2.05, 4.69) is 5.32 Å². The summed E-state index contributed by atoms with van der Waals surface area (Å²) in [5.74, 6) is -1.29. The van der Waals surface area contributed by atoms with Crippen molar-refractivity contribution >= 4 is 11.4 Å². The van der Waals surface area contributed by atoms with Crippen LogP contribution in [-0.2, 0) is 0 Å². The first-order valence-corrected chi connectivity index (χ1v) is 5.68. The Morgan fingerprint density at radius 2 is 1.81 bits per heavy atom. The van der Waals surface area contributed by atoms with Crippen LogP contribution < -0.4 is 11.1 Å². The van der Waals surface area contributed by atoms with Crippen molar-refractivity contribution in [2.75, 3.05) is 11.1 Å². The van der Waals surface area contributed by atoms with Crippen LogP contribution in [0.25, 0.3) is 0 Å². The number of hydrogen-bond acceptors (Lipinski definition) is 2. The molecule has 0 heterocycles. The molecule has 2 nitrogen and oxygen atoms in total. The molecule has 1 fully saturated rings. The third-order valence-electron chi connectivity index (χ3n) is 3.06. The zero-order valence-corrected chi connectivity index (χ0v) is 9.10. The lowest BCUT2D eigenvalue weighted by atomic mass is 9.95. The minimum absolute atomic E-state index is 0.00646. The highest BCUT2D eigenvalue weighted by atomic mass is 19.1. The maximum absolute atomic E-state index is 13.2. The van der Waals surface area contributed by atoms with Crippen molar-refractivity contribution in [2.45, 2.75) is 38.1 Å². The summed E-state index contributed by atoms with van der Waals surface area (Å²) in [5, 5.41) is 3.13. The first-order chi connectivity index (χ1) is 7.66. The monoisotopic (exact) mass is 226 g/mol. The highest BCUT2D eigenvalue weighted by Crippen LogP contribution is 2.27. The summed E-state index contributed by atoms with van der Waals surface area (Å²) in [4.78, 5) is 0. The largest absolute Gasteiger partial charge is 0.395 e. The van der Waals surface area contributed by atoms with Crippen LogP contribution in [0.2, 0.25) is 0 Å². The quantitative estimate of drug-likeness (QED) is 0.759. The summed E-state index contributed by atoms with van der Waals surface area (Å²) >= 11 is 0. The van der Waals surface area contributed by atoms with Gasteiger partial charge in [0.05, 0.1) is 11.4 Å². The number of anilines is 2. The topological polar surface area (TPSA) is 38.0 Å². The van der Waals surface area contributed by atoms with E-state index in [1.54, 1.807) is 0 Å². The number of halogens is 2. The van der Waals surface area contributed by atoms with E-state index in [0.717, 1.165) is 31.7 Å². The molecule has 0 unspecified atom stereocenters. The predicted molar refractivity (Wildman–Crippen MR) is 61.3 cm³/mol. The average molecular weight is 226 g/mol. The van der Waals surface area contributed by atoms with E-state index in [9.17, 15) is 8.78 Å². The van der Waals surface area contributed by atoms with E-state index in [4.69, 9.17) is 5.73 Å². The van der Waals surface area contributed by atoms with Gasteiger partial charge in [0.25, 0.3) is 0 Å². The van der Waals surface area contributed by atoms with Crippen molar-refractivity contribution in [3.05, 3.63) is 23.8 Å². The van der Waals surface area contributed by atoms with Gasteiger partial charge in [0.1, 0.15) is 5.82 Å². The van der Waals surface area contributed by atoms with Crippen molar-refractivity contribution in [1.82, 2.24) is 0 Å². The van der Waals surface area contributed by atoms with Gasteiger partial charge in [0, 0.05) is 12.1 Å². The summed E-state index contributed by atoms with van der Waals surface area (Å²) in [6.07, 6.45) is 5.64. The van der Waals surface area contributed by atoms with Gasteiger partial charge in [0.2, 0.25) is 0 Å². The Morgan fingerprint density at radius 1 is 1.12 bits per heavy atom. The van der Waals surface area contributed by atoms with Crippen LogP contribution in [0.3, 0.4) is 0 Å². The summed E-state index contributed by atoms with van der Waals surface area (Å²) < 4.78 is 26.2. The fraction of sp³-hybridized carbons (Fsp3) is 0.500. The first-order valence-electron chi connectivity index (χ1n) is 5.68. The lowest BCUT2D eigenvalue weighted by Crippen LogP contribution is -2.23. The van der Waals surface area contributed by atoms with E-state index in [1.165, 1.54) is 12.5 Å². The van der Waals surface area contributed by atoms with E-state index in [-0.39, 0.29) is 11.7 Å². The van der Waals surface area contributed by atoms with E-state index < -0.39 is 11.6 Å². The molecular formula is C12H16F2N2. The number of hydrogen-bond donors (Lipinski definition) is 2. The van der Waals surface area contributed by atoms with Gasteiger partial charge in [-0.15, -0.1) is 0 Å². The van der Waals surface area contributed by atoms with Gasteiger partial charge in [-0.2, -0.15) is 0 Å². The van der Waals surface area contributed by atoms with E-state index in [1.807, 2.05) is 0 Å². The molecule has 1 aliphatic carbocycles. The van der Waals surface area contributed by atoms with Gasteiger partial charge in [-0.3, -0.25) is 0 Å². The molecule has 0 aliphatic heterocycles. The minimum atomic E-state index is -0.696. The van der Waals surface area contributed by atoms with Gasteiger partial charge in [-0.25, -0.2) is 8.78 Å². The van der Waals surface area contributed by atoms with Crippen LogP contribution in [0.5, 0.6) is 0 Å². The summed E-state index contributed by atoms with van der Waals surface area (Å²) in [6.45, 7) is 0. The molecule has 0 radical (unpaired) electrons. The molecule has 0 atom stereocenters. The molecule has 1 aliphatic rings. The van der Waals surface area contributed by atoms with Crippen LogP contribution in [0.1, 0.15) is 32.1 Å². The Balaban J connectivity index is 2.13. The smallest absolute Gasteiger partial charge is 0.151 e. The molecule has 2 rings (SSSR count). The van der Waals surface area contributed by atoms with E-state index >= 15 is 0 Å². The molecule has 1 aromatic carbocycles. The maximum Gasteiger partial charge on any atom is 0.151 e. The molecule has 0 bridgehead atoms. The van der Waals surface area contributed by atoms with Crippen molar-refractivity contribution in [1.29, 1.82) is 0 Å². The third kappa shape index (κ3) is 2.43. The van der Waals surface area contributed by atoms with Crippen LogP contribution in [0, 0.1) is 11.6 Å². The lowest BCUT2D eigenvalue weighted by molar-refractivity contribution is 0.462. The second-order valence-corrected chi connectivity index (χ2v) is 4.33. The number of benzene rings is 1. The van der Waals surface area contributed by atoms with Gasteiger partial charge in [0.15, 0.2) is 5.82 Å². The van der Waals surface area contributed by atoms with Crippen LogP contribution in [0.4, 0.5) is 20.2 Å². The molecule has 0 saturated heterocycles. The molecule has 0 spiro atoms. The SMILES string of the molecule is Nc1c(F)cc(F)cc1NC1CCCCC1. The maximum atomic E-state index is 13.2. The normalized spacial score (nSPS) is 17.4. The van der Waals surface area contributed by atoms with Crippen molar-refractivity contribution in [3.8, 4) is 0 Å². The Labute approximate surface area is 93.8 Å². The fourth-order valence-corrected chi connectivity index (χ4v) is 2.17. The Kier molecular flexibility index (Phi) is 3.27. The predicted octanol–water partition coefficient (Wildman–Crippen LogP) is 3.29. The minimum Gasteiger partial charge on any atom is -0.395 e. The zero-order chi connectivity index (χ0) is 11.5. The zero-order valence-electron chi connectivity index (χ0n) is 9.10. The Bertz CT molecular complexity index is 374. The molecule has 3 N–H and O–H groups in total. The van der Waals surface area contributed by atoms with Crippen LogP contribution in [0.15, 0.2) is 12.1 Å². The van der Waals surface area contributed by atoms with Crippen molar-refractivity contribution in [3.63, 3.8) is 0 Å². The highest BCUT2D eigenvalue weighted by Gasteiger charge is 2.15. The Hall–Kier alpha value is -1.32. The van der Waals surface area contributed by atoms with Gasteiger partial charge in [-0.1, -0.05) is 19.3 Å². The fourth-order valence-electron chi connectivity index (χ4n) is 2.17. The van der Waals surface area contributed by atoms with E-state index in [0.29, 0.717) is 5.69 Å². The molecule has 1 aromatic rings. The molecule has 4 heteroatoms. The van der Waals surface area contributed by atoms with Gasteiger partial charge >= 0.3 is 0 Å². The summed E-state index contributed by atoms with van der Waals surface area (Å²) in [6, 6.07) is 2.35. The lowest BCUT2D eigenvalue weighted by Gasteiger charge is -2.24. The summed E-state index contributed by atoms with van der Waals surface area (Å²) in [5.41, 5.74) is 5.95. The third-order valence-corrected chi connectivity index (χ3v) is 3.06. The molecule has 0 amide bonds. The van der Waals surface area contributed by atoms with Crippen molar-refractivity contribution < 1.29 is 8.78 Å². The number of rotatable bonds is 2. The standard InChI is InChI=1S/C12H16F2N2/c13-8-6-10(14)12(15)11(7-8)16-9-4-2-1-3-5-9/h6-7,9,16H,1-5,15H2. The number of nitrogens with two attached hydrogens (primary N) is 1. The van der Waals surface area contributed by atoms with Gasteiger partial charge < -0.3 is 11.1 Å². The van der Waals surface area contributed by atoms with Crippen LogP contribution >= 0.6 is 0 Å². The molecule has 88 valence electrons. The number of nitrogens with one attached hydrogen (secondary N) is 1. The molecule has 16 heavy (non-hydrogen) atoms. The van der Waals surface area contributed by atoms with Gasteiger partial charge in [-0.05, 0) is 18.9 Å². The summed E-state index contributed by atoms with van der Waals surface area (Å²) in [7, 11) is 0. The highest BCUT2D eigenvalue weighted by molar-refractivity contribution is 5.67. The molecular weight excluding hydrogens is 210 g/mol. The Morgan fingerprint density at radius 3 is 2.50 bits per heavy atom. The van der Waals surface area contributed by atoms with Crippen LogP contribution in [-0.4, -0.2) is 6.04 Å². The molecule has 0 aromatic heterocycles. The second-order valence-electron chi connectivity index (χ2n) is 4.33.